The lowest BCUT2D eigenvalue weighted by Crippen LogP contribution is -2.33. The van der Waals surface area contributed by atoms with Crippen LogP contribution >= 0.6 is 0 Å². The highest BCUT2D eigenvalue weighted by Crippen LogP contribution is 2.16. The standard InChI is InChI=1S/C21H26N2O4/c1-4-26-20(24)12-14-23(15-18-7-5-6-13-22-18)21(25)17-8-10-19(11-9-17)27-16(2)3/h5-11,13,16H,4,12,14-15H2,1-3H3. The maximum absolute atomic E-state index is 13.0. The lowest BCUT2D eigenvalue weighted by atomic mass is 10.1. The van der Waals surface area contributed by atoms with Gasteiger partial charge in [0.05, 0.1) is 31.4 Å². The molecule has 0 bridgehead atoms. The molecule has 0 spiro atoms. The van der Waals surface area contributed by atoms with E-state index in [4.69, 9.17) is 9.47 Å². The number of aromatic nitrogens is 1. The number of carbonyl (C=O) groups is 2. The Hall–Kier alpha value is -2.89. The normalized spacial score (nSPS) is 10.5. The maximum Gasteiger partial charge on any atom is 0.307 e. The van der Waals surface area contributed by atoms with E-state index in [1.165, 1.54) is 0 Å². The number of amides is 1. The van der Waals surface area contributed by atoms with Crippen LogP contribution in [-0.2, 0) is 16.1 Å². The van der Waals surface area contributed by atoms with Crippen molar-refractivity contribution in [3.05, 3.63) is 59.9 Å². The zero-order valence-electron chi connectivity index (χ0n) is 16.1. The van der Waals surface area contributed by atoms with Crippen LogP contribution < -0.4 is 4.74 Å². The van der Waals surface area contributed by atoms with Gasteiger partial charge in [0.2, 0.25) is 0 Å². The van der Waals surface area contributed by atoms with Crippen molar-refractivity contribution in [1.82, 2.24) is 9.88 Å². The predicted molar refractivity (Wildman–Crippen MR) is 102 cm³/mol. The molecular formula is C21H26N2O4. The van der Waals surface area contributed by atoms with Gasteiger partial charge in [0.25, 0.3) is 5.91 Å². The van der Waals surface area contributed by atoms with Crippen molar-refractivity contribution < 1.29 is 19.1 Å². The molecule has 1 aromatic heterocycles. The summed E-state index contributed by atoms with van der Waals surface area (Å²) in [5.74, 6) is 0.224. The lowest BCUT2D eigenvalue weighted by Gasteiger charge is -2.22. The van der Waals surface area contributed by atoms with E-state index in [2.05, 4.69) is 4.98 Å². The third-order valence-corrected chi connectivity index (χ3v) is 3.73. The fourth-order valence-corrected chi connectivity index (χ4v) is 2.53. The van der Waals surface area contributed by atoms with Crippen LogP contribution in [0.4, 0.5) is 0 Å². The number of rotatable bonds is 9. The highest BCUT2D eigenvalue weighted by Gasteiger charge is 2.18. The Morgan fingerprint density at radius 1 is 1.11 bits per heavy atom. The Bertz CT molecular complexity index is 730. The summed E-state index contributed by atoms with van der Waals surface area (Å²) in [6.45, 7) is 6.56. The first-order valence-electron chi connectivity index (χ1n) is 9.11. The molecule has 0 aliphatic carbocycles. The Balaban J connectivity index is 2.12. The van der Waals surface area contributed by atoms with E-state index in [9.17, 15) is 9.59 Å². The second-order valence-corrected chi connectivity index (χ2v) is 6.29. The summed E-state index contributed by atoms with van der Waals surface area (Å²) in [6.07, 6.45) is 1.89. The fraction of sp³-hybridized carbons (Fsp3) is 0.381. The van der Waals surface area contributed by atoms with Gasteiger partial charge in [-0.1, -0.05) is 6.07 Å². The summed E-state index contributed by atoms with van der Waals surface area (Å²) in [5.41, 5.74) is 1.29. The molecule has 0 unspecified atom stereocenters. The molecule has 144 valence electrons. The third kappa shape index (κ3) is 6.73. The van der Waals surface area contributed by atoms with E-state index in [1.54, 1.807) is 42.3 Å². The molecule has 0 atom stereocenters. The molecule has 1 aromatic carbocycles. The topological polar surface area (TPSA) is 68.7 Å². The molecule has 1 heterocycles. The molecule has 27 heavy (non-hydrogen) atoms. The summed E-state index contributed by atoms with van der Waals surface area (Å²) in [5, 5.41) is 0. The number of hydrogen-bond donors (Lipinski definition) is 0. The molecule has 1 amide bonds. The fourth-order valence-electron chi connectivity index (χ4n) is 2.53. The minimum Gasteiger partial charge on any atom is -0.491 e. The van der Waals surface area contributed by atoms with E-state index in [-0.39, 0.29) is 30.9 Å². The number of carbonyl (C=O) groups excluding carboxylic acids is 2. The Labute approximate surface area is 160 Å². The zero-order chi connectivity index (χ0) is 19.6. The van der Waals surface area contributed by atoms with Crippen LogP contribution in [0.3, 0.4) is 0 Å². The van der Waals surface area contributed by atoms with Crippen LogP contribution in [0, 0.1) is 0 Å². The summed E-state index contributed by atoms with van der Waals surface area (Å²) >= 11 is 0. The molecule has 6 heteroatoms. The maximum atomic E-state index is 13.0. The van der Waals surface area contributed by atoms with Crippen molar-refractivity contribution in [2.75, 3.05) is 13.2 Å². The highest BCUT2D eigenvalue weighted by molar-refractivity contribution is 5.94. The van der Waals surface area contributed by atoms with Gasteiger partial charge in [-0.05, 0) is 57.2 Å². The number of ether oxygens (including phenoxy) is 2. The van der Waals surface area contributed by atoms with E-state index < -0.39 is 0 Å². The third-order valence-electron chi connectivity index (χ3n) is 3.73. The molecule has 2 aromatic rings. The van der Waals surface area contributed by atoms with Gasteiger partial charge in [-0.3, -0.25) is 14.6 Å². The Kier molecular flexibility index (Phi) is 7.79. The number of benzene rings is 1. The van der Waals surface area contributed by atoms with Crippen LogP contribution in [0.5, 0.6) is 5.75 Å². The Morgan fingerprint density at radius 2 is 1.85 bits per heavy atom. The van der Waals surface area contributed by atoms with E-state index in [0.717, 1.165) is 5.69 Å². The monoisotopic (exact) mass is 370 g/mol. The van der Waals surface area contributed by atoms with Crippen molar-refractivity contribution in [2.24, 2.45) is 0 Å². The van der Waals surface area contributed by atoms with Gasteiger partial charge in [-0.15, -0.1) is 0 Å². The zero-order valence-corrected chi connectivity index (χ0v) is 16.1. The average Bonchev–Trinajstić information content (AvgIpc) is 2.66. The molecule has 0 fully saturated rings. The van der Waals surface area contributed by atoms with Gasteiger partial charge < -0.3 is 14.4 Å². The number of esters is 1. The van der Waals surface area contributed by atoms with Crippen molar-refractivity contribution >= 4 is 11.9 Å². The molecule has 0 saturated heterocycles. The predicted octanol–water partition coefficient (Wildman–Crippen LogP) is 3.46. The first-order chi connectivity index (χ1) is 13.0. The van der Waals surface area contributed by atoms with Crippen molar-refractivity contribution in [2.45, 2.75) is 39.8 Å². The second kappa shape index (κ2) is 10.3. The number of hydrogen-bond acceptors (Lipinski definition) is 5. The lowest BCUT2D eigenvalue weighted by molar-refractivity contribution is -0.143. The van der Waals surface area contributed by atoms with Crippen molar-refractivity contribution in [3.63, 3.8) is 0 Å². The molecule has 0 aliphatic heterocycles. The van der Waals surface area contributed by atoms with Gasteiger partial charge in [0.1, 0.15) is 5.75 Å². The van der Waals surface area contributed by atoms with Crippen LogP contribution in [0.15, 0.2) is 48.7 Å². The SMILES string of the molecule is CCOC(=O)CCN(Cc1ccccn1)C(=O)c1ccc(OC(C)C)cc1. The highest BCUT2D eigenvalue weighted by atomic mass is 16.5. The van der Waals surface area contributed by atoms with Crippen LogP contribution in [0.1, 0.15) is 43.2 Å². The van der Waals surface area contributed by atoms with Crippen LogP contribution in [0.2, 0.25) is 0 Å². The number of pyridine rings is 1. The Morgan fingerprint density at radius 3 is 2.44 bits per heavy atom. The molecular weight excluding hydrogens is 344 g/mol. The van der Waals surface area contributed by atoms with Gasteiger partial charge >= 0.3 is 5.97 Å². The number of nitrogens with zero attached hydrogens (tertiary/aromatic N) is 2. The largest absolute Gasteiger partial charge is 0.491 e. The summed E-state index contributed by atoms with van der Waals surface area (Å²) in [7, 11) is 0. The quantitative estimate of drug-likeness (QED) is 0.632. The molecule has 0 N–H and O–H groups in total. The smallest absolute Gasteiger partial charge is 0.307 e. The summed E-state index contributed by atoms with van der Waals surface area (Å²) in [6, 6.07) is 12.6. The van der Waals surface area contributed by atoms with Gasteiger partial charge in [0, 0.05) is 18.3 Å². The first-order valence-corrected chi connectivity index (χ1v) is 9.11. The minimum absolute atomic E-state index is 0.0665. The van der Waals surface area contributed by atoms with Crippen LogP contribution in [0.25, 0.3) is 0 Å². The van der Waals surface area contributed by atoms with Crippen molar-refractivity contribution in [3.8, 4) is 5.75 Å². The molecule has 2 rings (SSSR count). The van der Waals surface area contributed by atoms with E-state index in [1.807, 2.05) is 32.0 Å². The van der Waals surface area contributed by atoms with Gasteiger partial charge in [-0.25, -0.2) is 0 Å². The molecule has 0 radical (unpaired) electrons. The van der Waals surface area contributed by atoms with Crippen molar-refractivity contribution in [1.29, 1.82) is 0 Å². The summed E-state index contributed by atoms with van der Waals surface area (Å²) < 4.78 is 10.6. The van der Waals surface area contributed by atoms with E-state index >= 15 is 0 Å². The summed E-state index contributed by atoms with van der Waals surface area (Å²) in [4.78, 5) is 30.6. The van der Waals surface area contributed by atoms with Crippen LogP contribution in [-0.4, -0.2) is 41.0 Å². The molecule has 0 aliphatic rings. The second-order valence-electron chi connectivity index (χ2n) is 6.29. The van der Waals surface area contributed by atoms with E-state index in [0.29, 0.717) is 24.5 Å². The van der Waals surface area contributed by atoms with Gasteiger partial charge in [0.15, 0.2) is 0 Å². The first kappa shape index (κ1) is 20.4. The molecule has 6 nitrogen and oxygen atoms in total. The van der Waals surface area contributed by atoms with Gasteiger partial charge in [-0.2, -0.15) is 0 Å². The minimum atomic E-state index is -0.322. The average molecular weight is 370 g/mol. The molecule has 0 saturated carbocycles.